The van der Waals surface area contributed by atoms with Crippen LogP contribution >= 0.6 is 0 Å². The minimum atomic E-state index is -0.0596. The number of nitrogens with zero attached hydrogens (tertiary/aromatic N) is 1. The smallest absolute Gasteiger partial charge is 0.245 e. The molecule has 0 spiro atoms. The summed E-state index contributed by atoms with van der Waals surface area (Å²) in [7, 11) is 0. The SMILES string of the molecule is C=CC(=O)N1CCC(C(=O)Nc2ccc(OCC3CC3)cc2)CC1. The molecule has 1 aromatic carbocycles. The first kappa shape index (κ1) is 16.6. The van der Waals surface area contributed by atoms with E-state index in [9.17, 15) is 9.59 Å². The molecular formula is C19H24N2O3. The average Bonchev–Trinajstić information content (AvgIpc) is 3.45. The quantitative estimate of drug-likeness (QED) is 0.817. The van der Waals surface area contributed by atoms with Crippen molar-refractivity contribution in [1.29, 1.82) is 0 Å². The van der Waals surface area contributed by atoms with E-state index in [0.29, 0.717) is 25.9 Å². The first-order valence-electron chi connectivity index (χ1n) is 8.61. The molecule has 24 heavy (non-hydrogen) atoms. The number of carbonyl (C=O) groups excluding carboxylic acids is 2. The number of piperidine rings is 1. The second kappa shape index (κ2) is 7.51. The second-order valence-electron chi connectivity index (χ2n) is 6.57. The Bertz CT molecular complexity index is 600. The zero-order valence-electron chi connectivity index (χ0n) is 13.9. The molecule has 2 amide bonds. The van der Waals surface area contributed by atoms with Gasteiger partial charge in [-0.2, -0.15) is 0 Å². The molecule has 3 rings (SSSR count). The predicted octanol–water partition coefficient (Wildman–Crippen LogP) is 2.84. The van der Waals surface area contributed by atoms with Crippen LogP contribution in [0.4, 0.5) is 5.69 Å². The van der Waals surface area contributed by atoms with Crippen molar-refractivity contribution < 1.29 is 14.3 Å². The topological polar surface area (TPSA) is 58.6 Å². The highest BCUT2D eigenvalue weighted by Crippen LogP contribution is 2.29. The van der Waals surface area contributed by atoms with Crippen molar-refractivity contribution in [3.05, 3.63) is 36.9 Å². The van der Waals surface area contributed by atoms with Crippen LogP contribution in [0, 0.1) is 11.8 Å². The van der Waals surface area contributed by atoms with Crippen LogP contribution in [0.1, 0.15) is 25.7 Å². The van der Waals surface area contributed by atoms with Gasteiger partial charge < -0.3 is 15.0 Å². The first-order chi connectivity index (χ1) is 11.7. The molecule has 5 heteroatoms. The molecule has 1 saturated heterocycles. The van der Waals surface area contributed by atoms with Crippen molar-refractivity contribution >= 4 is 17.5 Å². The van der Waals surface area contributed by atoms with E-state index in [-0.39, 0.29) is 17.7 Å². The molecule has 0 aromatic heterocycles. The summed E-state index contributed by atoms with van der Waals surface area (Å²) < 4.78 is 5.69. The van der Waals surface area contributed by atoms with Crippen LogP contribution in [0.25, 0.3) is 0 Å². The Morgan fingerprint density at radius 3 is 2.42 bits per heavy atom. The second-order valence-corrected chi connectivity index (χ2v) is 6.57. The van der Waals surface area contributed by atoms with Gasteiger partial charge in [0.2, 0.25) is 11.8 Å². The summed E-state index contributed by atoms with van der Waals surface area (Å²) in [5.41, 5.74) is 0.781. The Hall–Kier alpha value is -2.30. The van der Waals surface area contributed by atoms with E-state index in [0.717, 1.165) is 24.0 Å². The molecule has 1 saturated carbocycles. The van der Waals surface area contributed by atoms with Crippen LogP contribution in [0.15, 0.2) is 36.9 Å². The molecule has 0 radical (unpaired) electrons. The summed E-state index contributed by atoms with van der Waals surface area (Å²) in [5.74, 6) is 1.48. The number of likely N-dealkylation sites (tertiary alicyclic amines) is 1. The van der Waals surface area contributed by atoms with Gasteiger partial charge >= 0.3 is 0 Å². The molecule has 1 aromatic rings. The van der Waals surface area contributed by atoms with E-state index in [2.05, 4.69) is 11.9 Å². The van der Waals surface area contributed by atoms with Crippen molar-refractivity contribution in [3.8, 4) is 5.75 Å². The van der Waals surface area contributed by atoms with E-state index in [1.807, 2.05) is 24.3 Å². The van der Waals surface area contributed by atoms with E-state index in [4.69, 9.17) is 4.74 Å². The molecule has 0 unspecified atom stereocenters. The third kappa shape index (κ3) is 4.37. The van der Waals surface area contributed by atoms with E-state index >= 15 is 0 Å². The Kier molecular flexibility index (Phi) is 5.18. The van der Waals surface area contributed by atoms with Gasteiger partial charge in [-0.1, -0.05) is 6.58 Å². The molecule has 5 nitrogen and oxygen atoms in total. The number of nitrogens with one attached hydrogen (secondary N) is 1. The van der Waals surface area contributed by atoms with Gasteiger partial charge in [-0.25, -0.2) is 0 Å². The van der Waals surface area contributed by atoms with Crippen molar-refractivity contribution in [3.63, 3.8) is 0 Å². The molecule has 2 aliphatic rings. The molecule has 0 bridgehead atoms. The van der Waals surface area contributed by atoms with Gasteiger partial charge in [-0.3, -0.25) is 9.59 Å². The molecule has 0 atom stereocenters. The Morgan fingerprint density at radius 2 is 1.83 bits per heavy atom. The molecular weight excluding hydrogens is 304 g/mol. The lowest BCUT2D eigenvalue weighted by molar-refractivity contribution is -0.130. The van der Waals surface area contributed by atoms with Gasteiger partial charge in [-0.15, -0.1) is 0 Å². The number of amides is 2. The maximum atomic E-state index is 12.4. The number of carbonyl (C=O) groups is 2. The minimum absolute atomic E-state index is 0.0207. The van der Waals surface area contributed by atoms with Gasteiger partial charge in [0.25, 0.3) is 0 Å². The van der Waals surface area contributed by atoms with Crippen LogP contribution in [0.5, 0.6) is 5.75 Å². The van der Waals surface area contributed by atoms with Crippen molar-refractivity contribution in [2.45, 2.75) is 25.7 Å². The Balaban J connectivity index is 1.46. The van der Waals surface area contributed by atoms with Crippen LogP contribution in [0.3, 0.4) is 0 Å². The highest BCUT2D eigenvalue weighted by Gasteiger charge is 2.26. The van der Waals surface area contributed by atoms with Crippen molar-refractivity contribution in [1.82, 2.24) is 4.90 Å². The van der Waals surface area contributed by atoms with E-state index in [1.54, 1.807) is 4.90 Å². The Morgan fingerprint density at radius 1 is 1.17 bits per heavy atom. The van der Waals surface area contributed by atoms with Crippen LogP contribution in [-0.4, -0.2) is 36.4 Å². The van der Waals surface area contributed by atoms with Crippen LogP contribution in [0.2, 0.25) is 0 Å². The summed E-state index contributed by atoms with van der Waals surface area (Å²) in [6.45, 7) is 5.50. The fourth-order valence-electron chi connectivity index (χ4n) is 2.87. The number of benzene rings is 1. The van der Waals surface area contributed by atoms with Gasteiger partial charge in [0.05, 0.1) is 6.61 Å². The third-order valence-corrected chi connectivity index (χ3v) is 4.66. The highest BCUT2D eigenvalue weighted by atomic mass is 16.5. The van der Waals surface area contributed by atoms with Crippen molar-refractivity contribution in [2.75, 3.05) is 25.0 Å². The number of ether oxygens (including phenoxy) is 1. The number of hydrogen-bond donors (Lipinski definition) is 1. The van der Waals surface area contributed by atoms with Gasteiger partial charge in [0.15, 0.2) is 0 Å². The van der Waals surface area contributed by atoms with Gasteiger partial charge in [0.1, 0.15) is 5.75 Å². The highest BCUT2D eigenvalue weighted by molar-refractivity contribution is 5.93. The van der Waals surface area contributed by atoms with Crippen LogP contribution in [-0.2, 0) is 9.59 Å². The largest absolute Gasteiger partial charge is 0.493 e. The lowest BCUT2D eigenvalue weighted by atomic mass is 9.95. The molecule has 128 valence electrons. The zero-order valence-corrected chi connectivity index (χ0v) is 13.9. The zero-order chi connectivity index (χ0) is 16.9. The summed E-state index contributed by atoms with van der Waals surface area (Å²) in [6.07, 6.45) is 5.24. The van der Waals surface area contributed by atoms with Crippen molar-refractivity contribution in [2.24, 2.45) is 11.8 Å². The fourth-order valence-corrected chi connectivity index (χ4v) is 2.87. The summed E-state index contributed by atoms with van der Waals surface area (Å²) in [5, 5.41) is 2.96. The lowest BCUT2D eigenvalue weighted by Gasteiger charge is -2.30. The van der Waals surface area contributed by atoms with Gasteiger partial charge in [0, 0.05) is 24.7 Å². The molecule has 1 aliphatic heterocycles. The van der Waals surface area contributed by atoms with E-state index in [1.165, 1.54) is 18.9 Å². The maximum absolute atomic E-state index is 12.4. The fraction of sp³-hybridized carbons (Fsp3) is 0.474. The van der Waals surface area contributed by atoms with Gasteiger partial charge in [-0.05, 0) is 61.9 Å². The minimum Gasteiger partial charge on any atom is -0.493 e. The molecule has 1 heterocycles. The first-order valence-corrected chi connectivity index (χ1v) is 8.61. The monoisotopic (exact) mass is 328 g/mol. The number of hydrogen-bond acceptors (Lipinski definition) is 3. The third-order valence-electron chi connectivity index (χ3n) is 4.66. The average molecular weight is 328 g/mol. The summed E-state index contributed by atoms with van der Waals surface area (Å²) in [6, 6.07) is 7.53. The summed E-state index contributed by atoms with van der Waals surface area (Å²) >= 11 is 0. The normalized spacial score (nSPS) is 18.1. The van der Waals surface area contributed by atoms with Crippen LogP contribution < -0.4 is 10.1 Å². The number of anilines is 1. The summed E-state index contributed by atoms with van der Waals surface area (Å²) in [4.78, 5) is 25.7. The molecule has 1 aliphatic carbocycles. The number of rotatable bonds is 6. The lowest BCUT2D eigenvalue weighted by Crippen LogP contribution is -2.40. The standard InChI is InChI=1S/C19H24N2O3/c1-2-18(22)21-11-9-15(10-12-21)19(23)20-16-5-7-17(8-6-16)24-13-14-3-4-14/h2,5-8,14-15H,1,3-4,9-13H2,(H,20,23). The Labute approximate surface area is 142 Å². The maximum Gasteiger partial charge on any atom is 0.245 e. The van der Waals surface area contributed by atoms with E-state index < -0.39 is 0 Å². The molecule has 1 N–H and O–H groups in total. The molecule has 2 fully saturated rings. The predicted molar refractivity (Wildman–Crippen MR) is 92.8 cm³/mol.